The standard InChI is InChI=1S/C12H20O8P2/c1-10-7-6-8-11(2)12(10)20-22(14,17-5)19-9-18-21(13,15-3)16-4/h6-8H,9H2,1-5H3. The first-order valence-corrected chi connectivity index (χ1v) is 9.13. The fourth-order valence-corrected chi connectivity index (χ4v) is 3.05. The van der Waals surface area contributed by atoms with Crippen LogP contribution in [0.4, 0.5) is 0 Å². The molecule has 0 amide bonds. The van der Waals surface area contributed by atoms with Gasteiger partial charge in [-0.15, -0.1) is 0 Å². The van der Waals surface area contributed by atoms with Crippen molar-refractivity contribution in [2.24, 2.45) is 0 Å². The smallest absolute Gasteiger partial charge is 0.403 e. The van der Waals surface area contributed by atoms with Gasteiger partial charge in [0.15, 0.2) is 6.79 Å². The van der Waals surface area contributed by atoms with Gasteiger partial charge in [-0.2, -0.15) is 0 Å². The van der Waals surface area contributed by atoms with Gasteiger partial charge in [0, 0.05) is 21.3 Å². The molecule has 0 aliphatic heterocycles. The summed E-state index contributed by atoms with van der Waals surface area (Å²) in [5.74, 6) is 0.384. The fraction of sp³-hybridized carbons (Fsp3) is 0.500. The highest BCUT2D eigenvalue weighted by atomic mass is 31.2. The molecule has 22 heavy (non-hydrogen) atoms. The van der Waals surface area contributed by atoms with E-state index >= 15 is 0 Å². The fourth-order valence-electron chi connectivity index (χ4n) is 1.50. The molecule has 0 saturated carbocycles. The summed E-state index contributed by atoms with van der Waals surface area (Å²) in [6, 6.07) is 5.43. The molecule has 0 saturated heterocycles. The van der Waals surface area contributed by atoms with E-state index in [1.54, 1.807) is 26.0 Å². The minimum atomic E-state index is -3.94. The number of phosphoric acid groups is 2. The van der Waals surface area contributed by atoms with E-state index in [0.29, 0.717) is 5.75 Å². The average Bonchev–Trinajstić information content (AvgIpc) is 2.51. The number of hydrogen-bond donors (Lipinski definition) is 0. The van der Waals surface area contributed by atoms with Crippen LogP contribution in [0.3, 0.4) is 0 Å². The third kappa shape index (κ3) is 5.18. The molecule has 0 aromatic heterocycles. The van der Waals surface area contributed by atoms with Crippen LogP contribution in [0.25, 0.3) is 0 Å². The first kappa shape index (κ1) is 19.3. The van der Waals surface area contributed by atoms with E-state index in [0.717, 1.165) is 25.3 Å². The maximum atomic E-state index is 12.4. The highest BCUT2D eigenvalue weighted by Crippen LogP contribution is 2.53. The number of rotatable bonds is 9. The maximum absolute atomic E-state index is 12.4. The summed E-state index contributed by atoms with van der Waals surface area (Å²) in [6.45, 7) is 2.93. The Balaban J connectivity index is 2.77. The van der Waals surface area contributed by atoms with E-state index in [1.807, 2.05) is 6.07 Å². The van der Waals surface area contributed by atoms with Crippen LogP contribution in [-0.2, 0) is 31.7 Å². The van der Waals surface area contributed by atoms with E-state index in [2.05, 4.69) is 9.05 Å². The second kappa shape index (κ2) is 8.22. The van der Waals surface area contributed by atoms with Crippen molar-refractivity contribution >= 4 is 15.6 Å². The van der Waals surface area contributed by atoms with Gasteiger partial charge in [-0.25, -0.2) is 13.7 Å². The van der Waals surface area contributed by atoms with Crippen molar-refractivity contribution in [2.45, 2.75) is 13.8 Å². The van der Waals surface area contributed by atoms with Gasteiger partial charge in [-0.1, -0.05) is 18.2 Å². The molecule has 0 aliphatic rings. The number of para-hydroxylation sites is 1. The lowest BCUT2D eigenvalue weighted by Crippen LogP contribution is -2.06. The van der Waals surface area contributed by atoms with E-state index < -0.39 is 22.4 Å². The Morgan fingerprint density at radius 3 is 1.77 bits per heavy atom. The molecule has 0 fully saturated rings. The van der Waals surface area contributed by atoms with Gasteiger partial charge in [0.25, 0.3) is 0 Å². The van der Waals surface area contributed by atoms with Gasteiger partial charge in [0.1, 0.15) is 5.75 Å². The van der Waals surface area contributed by atoms with Crippen molar-refractivity contribution < 1.29 is 36.3 Å². The van der Waals surface area contributed by atoms with E-state index in [-0.39, 0.29) is 0 Å². The van der Waals surface area contributed by atoms with Crippen molar-refractivity contribution in [3.63, 3.8) is 0 Å². The van der Waals surface area contributed by atoms with Gasteiger partial charge in [0.2, 0.25) is 0 Å². The summed E-state index contributed by atoms with van der Waals surface area (Å²) in [4.78, 5) is 0. The van der Waals surface area contributed by atoms with E-state index in [1.165, 1.54) is 7.11 Å². The number of benzene rings is 1. The topological polar surface area (TPSA) is 89.5 Å². The first-order valence-electron chi connectivity index (χ1n) is 6.21. The van der Waals surface area contributed by atoms with E-state index in [4.69, 9.17) is 18.1 Å². The zero-order valence-electron chi connectivity index (χ0n) is 13.1. The molecule has 0 spiro atoms. The maximum Gasteiger partial charge on any atom is 0.531 e. The molecule has 1 aromatic carbocycles. The average molecular weight is 354 g/mol. The molecule has 1 unspecified atom stereocenters. The summed E-state index contributed by atoms with van der Waals surface area (Å²) in [5, 5.41) is 0. The molecular formula is C12H20O8P2. The monoisotopic (exact) mass is 354 g/mol. The summed E-state index contributed by atoms with van der Waals surface area (Å²) in [7, 11) is -4.22. The van der Waals surface area contributed by atoms with Crippen molar-refractivity contribution in [2.75, 3.05) is 28.1 Å². The molecule has 0 bridgehead atoms. The van der Waals surface area contributed by atoms with Gasteiger partial charge in [-0.3, -0.25) is 18.1 Å². The number of phosphoric ester groups is 2. The lowest BCUT2D eigenvalue weighted by atomic mass is 10.1. The predicted octanol–water partition coefficient (Wildman–Crippen LogP) is 3.83. The van der Waals surface area contributed by atoms with Crippen LogP contribution < -0.4 is 4.52 Å². The highest BCUT2D eigenvalue weighted by Gasteiger charge is 2.31. The predicted molar refractivity (Wildman–Crippen MR) is 79.8 cm³/mol. The number of hydrogen-bond acceptors (Lipinski definition) is 8. The van der Waals surface area contributed by atoms with Crippen LogP contribution in [0.5, 0.6) is 5.75 Å². The van der Waals surface area contributed by atoms with Gasteiger partial charge >= 0.3 is 15.6 Å². The molecule has 0 radical (unpaired) electrons. The quantitative estimate of drug-likeness (QED) is 0.488. The third-order valence-electron chi connectivity index (χ3n) is 2.70. The Morgan fingerprint density at radius 1 is 0.864 bits per heavy atom. The van der Waals surface area contributed by atoms with Gasteiger partial charge in [-0.05, 0) is 25.0 Å². The first-order chi connectivity index (χ1) is 10.3. The van der Waals surface area contributed by atoms with Crippen LogP contribution in [-0.4, -0.2) is 28.1 Å². The van der Waals surface area contributed by atoms with Crippen molar-refractivity contribution in [1.82, 2.24) is 0 Å². The van der Waals surface area contributed by atoms with Crippen molar-refractivity contribution in [3.8, 4) is 5.75 Å². The Hall–Kier alpha value is -0.720. The van der Waals surface area contributed by atoms with Crippen LogP contribution in [0.15, 0.2) is 18.2 Å². The van der Waals surface area contributed by atoms with E-state index in [9.17, 15) is 9.13 Å². The van der Waals surface area contributed by atoms with Crippen LogP contribution >= 0.6 is 15.6 Å². The zero-order chi connectivity index (χ0) is 16.8. The summed E-state index contributed by atoms with van der Waals surface area (Å²) in [6.07, 6.45) is 0. The Labute approximate surface area is 129 Å². The summed E-state index contributed by atoms with van der Waals surface area (Å²) >= 11 is 0. The second-order valence-corrected chi connectivity index (χ2v) is 7.71. The minimum Gasteiger partial charge on any atom is -0.403 e. The Bertz CT molecular complexity index is 560. The zero-order valence-corrected chi connectivity index (χ0v) is 14.9. The molecule has 1 rings (SSSR count). The number of aryl methyl sites for hydroxylation is 2. The van der Waals surface area contributed by atoms with Crippen molar-refractivity contribution in [3.05, 3.63) is 29.3 Å². The molecule has 0 N–H and O–H groups in total. The van der Waals surface area contributed by atoms with Crippen LogP contribution in [0.2, 0.25) is 0 Å². The lowest BCUT2D eigenvalue weighted by molar-refractivity contribution is 0.0441. The van der Waals surface area contributed by atoms with Crippen molar-refractivity contribution in [1.29, 1.82) is 0 Å². The third-order valence-corrected chi connectivity index (χ3v) is 5.30. The lowest BCUT2D eigenvalue weighted by Gasteiger charge is -2.20. The summed E-state index contributed by atoms with van der Waals surface area (Å²) in [5.41, 5.74) is 1.53. The molecular weight excluding hydrogens is 334 g/mol. The summed E-state index contributed by atoms with van der Waals surface area (Å²) < 4.78 is 53.1. The van der Waals surface area contributed by atoms with Gasteiger partial charge in [0.05, 0.1) is 0 Å². The molecule has 8 nitrogen and oxygen atoms in total. The Kier molecular flexibility index (Phi) is 7.22. The second-order valence-electron chi connectivity index (χ2n) is 4.13. The highest BCUT2D eigenvalue weighted by molar-refractivity contribution is 7.49. The molecule has 1 atom stereocenters. The normalized spacial score (nSPS) is 14.6. The van der Waals surface area contributed by atoms with Crippen LogP contribution in [0.1, 0.15) is 11.1 Å². The molecule has 126 valence electrons. The minimum absolute atomic E-state index is 0.384. The molecule has 10 heteroatoms. The molecule has 1 aromatic rings. The van der Waals surface area contributed by atoms with Crippen LogP contribution in [0, 0.1) is 13.8 Å². The SMILES string of the molecule is COP(=O)(OC)OCOP(=O)(OC)Oc1c(C)cccc1C. The Morgan fingerprint density at radius 2 is 1.32 bits per heavy atom. The molecule has 0 heterocycles. The largest absolute Gasteiger partial charge is 0.531 e. The van der Waals surface area contributed by atoms with Gasteiger partial charge < -0.3 is 4.52 Å². The molecule has 0 aliphatic carbocycles.